The van der Waals surface area contributed by atoms with Gasteiger partial charge in [0.15, 0.2) is 0 Å². The Bertz CT molecular complexity index is 1400. The highest BCUT2D eigenvalue weighted by Crippen LogP contribution is 2.27. The summed E-state index contributed by atoms with van der Waals surface area (Å²) >= 11 is 7.35. The van der Waals surface area contributed by atoms with Crippen LogP contribution >= 0.6 is 22.9 Å². The number of benzene rings is 1. The molecule has 0 saturated carbocycles. The standard InChI is InChI=1S/C24H22ClN5O3S/c1-14(15-5-7-17(25)8-6-15)27-24-28-19-9-11-29(13-18(19)22(31)30(24)33-2)23(32)20-12-16-4-3-10-26-21(16)34-20/h3-8,10,12,14H,9,11,13H2,1-2H3,(H,27,28)/t14-/m0/s1. The molecule has 5 rings (SSSR count). The molecular formula is C24H22ClN5O3S. The molecule has 3 aromatic heterocycles. The van der Waals surface area contributed by atoms with Crippen molar-refractivity contribution in [3.8, 4) is 0 Å². The molecule has 4 aromatic rings. The van der Waals surface area contributed by atoms with Crippen LogP contribution in [0, 0.1) is 0 Å². The summed E-state index contributed by atoms with van der Waals surface area (Å²) in [5, 5.41) is 4.85. The fraction of sp³-hybridized carbons (Fsp3) is 0.250. The number of rotatable bonds is 5. The van der Waals surface area contributed by atoms with Crippen LogP contribution in [0.4, 0.5) is 5.95 Å². The number of carbonyl (C=O) groups is 1. The number of carbonyl (C=O) groups excluding carboxylic acids is 1. The van der Waals surface area contributed by atoms with E-state index in [0.717, 1.165) is 20.5 Å². The summed E-state index contributed by atoms with van der Waals surface area (Å²) in [5.74, 6) is 0.208. The Hall–Kier alpha value is -3.43. The maximum atomic E-state index is 13.3. The van der Waals surface area contributed by atoms with Gasteiger partial charge in [0.05, 0.1) is 28.7 Å². The van der Waals surface area contributed by atoms with Gasteiger partial charge < -0.3 is 15.1 Å². The van der Waals surface area contributed by atoms with E-state index in [1.54, 1.807) is 11.1 Å². The summed E-state index contributed by atoms with van der Waals surface area (Å²) in [7, 11) is 1.42. The average molecular weight is 496 g/mol. The fourth-order valence-electron chi connectivity index (χ4n) is 4.06. The molecule has 0 spiro atoms. The Morgan fingerprint density at radius 1 is 1.26 bits per heavy atom. The first-order chi connectivity index (χ1) is 16.4. The van der Waals surface area contributed by atoms with Crippen LogP contribution in [0.25, 0.3) is 10.2 Å². The largest absolute Gasteiger partial charge is 0.411 e. The maximum absolute atomic E-state index is 13.3. The third-order valence-corrected chi connectivity index (χ3v) is 7.18. The molecule has 174 valence electrons. The van der Waals surface area contributed by atoms with Gasteiger partial charge in [0.25, 0.3) is 11.5 Å². The summed E-state index contributed by atoms with van der Waals surface area (Å²) in [4.78, 5) is 43.9. The highest BCUT2D eigenvalue weighted by molar-refractivity contribution is 7.20. The Balaban J connectivity index is 1.41. The topological polar surface area (TPSA) is 89.4 Å². The Kier molecular flexibility index (Phi) is 5.97. The number of amides is 1. The van der Waals surface area contributed by atoms with Crippen molar-refractivity contribution in [1.29, 1.82) is 0 Å². The van der Waals surface area contributed by atoms with Gasteiger partial charge in [-0.25, -0.2) is 9.97 Å². The second-order valence-electron chi connectivity index (χ2n) is 8.05. The van der Waals surface area contributed by atoms with Crippen LogP contribution < -0.4 is 15.7 Å². The number of halogens is 1. The van der Waals surface area contributed by atoms with E-state index in [1.807, 2.05) is 49.4 Å². The number of nitrogens with zero attached hydrogens (tertiary/aromatic N) is 4. The zero-order valence-electron chi connectivity index (χ0n) is 18.6. The molecule has 10 heteroatoms. The first kappa shape index (κ1) is 22.4. The zero-order chi connectivity index (χ0) is 23.8. The number of anilines is 1. The quantitative estimate of drug-likeness (QED) is 0.451. The number of thiophene rings is 1. The van der Waals surface area contributed by atoms with E-state index in [-0.39, 0.29) is 24.1 Å². The molecule has 1 atom stereocenters. The molecule has 0 fully saturated rings. The smallest absolute Gasteiger partial charge is 0.293 e. The van der Waals surface area contributed by atoms with Gasteiger partial charge in [-0.05, 0) is 36.8 Å². The first-order valence-corrected chi connectivity index (χ1v) is 12.0. The van der Waals surface area contributed by atoms with Crippen molar-refractivity contribution in [3.63, 3.8) is 0 Å². The lowest BCUT2D eigenvalue weighted by Crippen LogP contribution is -2.42. The summed E-state index contributed by atoms with van der Waals surface area (Å²) in [6.45, 7) is 2.62. The highest BCUT2D eigenvalue weighted by Gasteiger charge is 2.28. The lowest BCUT2D eigenvalue weighted by molar-refractivity contribution is 0.0733. The molecule has 0 saturated heterocycles. The molecule has 8 nitrogen and oxygen atoms in total. The number of hydrogen-bond acceptors (Lipinski definition) is 7. The van der Waals surface area contributed by atoms with Crippen molar-refractivity contribution in [2.75, 3.05) is 19.0 Å². The van der Waals surface area contributed by atoms with Crippen molar-refractivity contribution in [1.82, 2.24) is 19.6 Å². The van der Waals surface area contributed by atoms with Gasteiger partial charge >= 0.3 is 0 Å². The minimum Gasteiger partial charge on any atom is -0.411 e. The molecule has 34 heavy (non-hydrogen) atoms. The monoisotopic (exact) mass is 495 g/mol. The zero-order valence-corrected chi connectivity index (χ0v) is 20.2. The predicted octanol–water partition coefficient (Wildman–Crippen LogP) is 3.94. The van der Waals surface area contributed by atoms with Gasteiger partial charge in [-0.3, -0.25) is 9.59 Å². The summed E-state index contributed by atoms with van der Waals surface area (Å²) in [5.41, 5.74) is 1.80. The van der Waals surface area contributed by atoms with Gasteiger partial charge in [-0.2, -0.15) is 0 Å². The fourth-order valence-corrected chi connectivity index (χ4v) is 5.15. The van der Waals surface area contributed by atoms with Crippen LogP contribution in [0.1, 0.15) is 39.5 Å². The Labute approximate surface area is 204 Å². The van der Waals surface area contributed by atoms with E-state index in [9.17, 15) is 9.59 Å². The number of hydrogen-bond donors (Lipinski definition) is 1. The van der Waals surface area contributed by atoms with Crippen molar-refractivity contribution in [2.45, 2.75) is 25.9 Å². The second-order valence-corrected chi connectivity index (χ2v) is 9.51. The molecule has 0 radical (unpaired) electrons. The minimum absolute atomic E-state index is 0.115. The second kappa shape index (κ2) is 9.08. The summed E-state index contributed by atoms with van der Waals surface area (Å²) < 4.78 is 1.14. The van der Waals surface area contributed by atoms with Crippen LogP contribution in [0.3, 0.4) is 0 Å². The van der Waals surface area contributed by atoms with Gasteiger partial charge in [-0.1, -0.05) is 29.8 Å². The van der Waals surface area contributed by atoms with E-state index in [0.29, 0.717) is 40.1 Å². The molecule has 1 amide bonds. The number of aromatic nitrogens is 3. The third-order valence-electron chi connectivity index (χ3n) is 5.88. The van der Waals surface area contributed by atoms with E-state index >= 15 is 0 Å². The van der Waals surface area contributed by atoms with Crippen molar-refractivity contribution in [3.05, 3.63) is 85.7 Å². The normalized spacial score (nSPS) is 14.0. The number of fused-ring (bicyclic) bond motifs is 2. The van der Waals surface area contributed by atoms with Crippen molar-refractivity contribution in [2.24, 2.45) is 0 Å². The summed E-state index contributed by atoms with van der Waals surface area (Å²) in [6.07, 6.45) is 2.19. The molecule has 1 aromatic carbocycles. The van der Waals surface area contributed by atoms with E-state index < -0.39 is 0 Å². The SMILES string of the molecule is COn1c(N[C@@H](C)c2ccc(Cl)cc2)nc2c(c1=O)CN(C(=O)c1cc3cccnc3s1)CC2. The molecule has 1 aliphatic heterocycles. The van der Waals surface area contributed by atoms with Crippen LogP contribution in [0.15, 0.2) is 53.5 Å². The van der Waals surface area contributed by atoms with Gasteiger partial charge in [-0.15, -0.1) is 16.1 Å². The number of nitrogens with one attached hydrogen (secondary N) is 1. The van der Waals surface area contributed by atoms with Crippen LogP contribution in [-0.2, 0) is 13.0 Å². The minimum atomic E-state index is -0.325. The molecule has 0 unspecified atom stereocenters. The molecule has 0 aliphatic carbocycles. The molecule has 1 aliphatic rings. The van der Waals surface area contributed by atoms with E-state index in [4.69, 9.17) is 16.4 Å². The van der Waals surface area contributed by atoms with E-state index in [1.165, 1.54) is 18.4 Å². The maximum Gasteiger partial charge on any atom is 0.293 e. The van der Waals surface area contributed by atoms with Crippen molar-refractivity contribution >= 4 is 45.0 Å². The molecule has 1 N–H and O–H groups in total. The first-order valence-electron chi connectivity index (χ1n) is 10.8. The van der Waals surface area contributed by atoms with Gasteiger partial charge in [0.1, 0.15) is 11.9 Å². The number of pyridine rings is 1. The van der Waals surface area contributed by atoms with Crippen LogP contribution in [-0.4, -0.2) is 39.2 Å². The Morgan fingerprint density at radius 3 is 2.79 bits per heavy atom. The lowest BCUT2D eigenvalue weighted by atomic mass is 10.1. The molecular weight excluding hydrogens is 474 g/mol. The lowest BCUT2D eigenvalue weighted by Gasteiger charge is -2.28. The van der Waals surface area contributed by atoms with Gasteiger partial charge in [0.2, 0.25) is 5.95 Å². The van der Waals surface area contributed by atoms with Crippen LogP contribution in [0.2, 0.25) is 5.02 Å². The summed E-state index contributed by atoms with van der Waals surface area (Å²) in [6, 6.07) is 13.0. The van der Waals surface area contributed by atoms with Crippen molar-refractivity contribution < 1.29 is 9.63 Å². The molecule has 4 heterocycles. The highest BCUT2D eigenvalue weighted by atomic mass is 35.5. The Morgan fingerprint density at radius 2 is 2.06 bits per heavy atom. The molecule has 0 bridgehead atoms. The van der Waals surface area contributed by atoms with E-state index in [2.05, 4.69) is 15.3 Å². The van der Waals surface area contributed by atoms with Gasteiger partial charge in [0, 0.05) is 29.6 Å². The third kappa shape index (κ3) is 4.12. The average Bonchev–Trinajstić information content (AvgIpc) is 3.28. The van der Waals surface area contributed by atoms with Crippen LogP contribution in [0.5, 0.6) is 0 Å². The predicted molar refractivity (Wildman–Crippen MR) is 133 cm³/mol.